The Labute approximate surface area is 88.7 Å². The van der Waals surface area contributed by atoms with E-state index in [-0.39, 0.29) is 19.0 Å². The molecule has 1 rings (SSSR count). The van der Waals surface area contributed by atoms with Gasteiger partial charge in [-0.3, -0.25) is 0 Å². The maximum absolute atomic E-state index is 13.7. The van der Waals surface area contributed by atoms with E-state index in [2.05, 4.69) is 0 Å². The molecule has 0 spiro atoms. The molecule has 0 bridgehead atoms. The average molecular weight is 213 g/mol. The highest BCUT2D eigenvalue weighted by Crippen LogP contribution is 2.29. The number of hydrogen-bond donors (Lipinski definition) is 2. The van der Waals surface area contributed by atoms with Crippen LogP contribution >= 0.6 is 0 Å². The fourth-order valence-corrected chi connectivity index (χ4v) is 1.57. The largest absolute Gasteiger partial charge is 0.496 e. The van der Waals surface area contributed by atoms with Crippen LogP contribution in [0.3, 0.4) is 0 Å². The lowest BCUT2D eigenvalue weighted by molar-refractivity contribution is 0.261. The summed E-state index contributed by atoms with van der Waals surface area (Å²) in [6.45, 7) is 1.78. The van der Waals surface area contributed by atoms with E-state index < -0.39 is 5.92 Å². The Hall–Kier alpha value is -1.13. The summed E-state index contributed by atoms with van der Waals surface area (Å²) >= 11 is 0. The van der Waals surface area contributed by atoms with Gasteiger partial charge in [0, 0.05) is 18.0 Å². The summed E-state index contributed by atoms with van der Waals surface area (Å²) in [7, 11) is 1.47. The molecule has 1 atom stereocenters. The minimum atomic E-state index is -0.416. The molecule has 0 saturated carbocycles. The minimum Gasteiger partial charge on any atom is -0.496 e. The Morgan fingerprint density at radius 2 is 2.20 bits per heavy atom. The molecular weight excluding hydrogens is 197 g/mol. The molecule has 0 aromatic heterocycles. The molecule has 1 unspecified atom stereocenters. The first-order valence-electron chi connectivity index (χ1n) is 4.79. The van der Waals surface area contributed by atoms with Crippen molar-refractivity contribution in [2.45, 2.75) is 12.8 Å². The molecule has 0 heterocycles. The average Bonchev–Trinajstić information content (AvgIpc) is 2.21. The monoisotopic (exact) mass is 213 g/mol. The summed E-state index contributed by atoms with van der Waals surface area (Å²) < 4.78 is 18.8. The van der Waals surface area contributed by atoms with Crippen molar-refractivity contribution >= 4 is 0 Å². The van der Waals surface area contributed by atoms with Gasteiger partial charge in [-0.15, -0.1) is 0 Å². The number of hydrogen-bond acceptors (Lipinski definition) is 3. The van der Waals surface area contributed by atoms with Gasteiger partial charge in [-0.1, -0.05) is 0 Å². The van der Waals surface area contributed by atoms with E-state index >= 15 is 0 Å². The number of halogens is 1. The number of ether oxygens (including phenoxy) is 1. The van der Waals surface area contributed by atoms with E-state index in [4.69, 9.17) is 15.6 Å². The maximum atomic E-state index is 13.7. The smallest absolute Gasteiger partial charge is 0.130 e. The standard InChI is InChI=1S/C11H16FNO2/c1-7-3-9(12)11(8(5-13)6-14)10(4-7)15-2/h3-4,8,14H,5-6,13H2,1-2H3. The van der Waals surface area contributed by atoms with Gasteiger partial charge in [0.05, 0.1) is 13.7 Å². The first-order valence-corrected chi connectivity index (χ1v) is 4.79. The molecule has 0 aliphatic carbocycles. The number of aliphatic hydroxyl groups is 1. The lowest BCUT2D eigenvalue weighted by Gasteiger charge is -2.17. The summed E-state index contributed by atoms with van der Waals surface area (Å²) in [6.07, 6.45) is 0. The number of methoxy groups -OCH3 is 1. The van der Waals surface area contributed by atoms with Crippen LogP contribution in [0.25, 0.3) is 0 Å². The number of aliphatic hydroxyl groups excluding tert-OH is 1. The number of nitrogens with two attached hydrogens (primary N) is 1. The Morgan fingerprint density at radius 1 is 1.53 bits per heavy atom. The molecule has 0 amide bonds. The summed E-state index contributed by atoms with van der Waals surface area (Å²) in [5.74, 6) is -0.353. The van der Waals surface area contributed by atoms with Crippen LogP contribution < -0.4 is 10.5 Å². The third-order valence-corrected chi connectivity index (χ3v) is 2.37. The van der Waals surface area contributed by atoms with E-state index in [1.807, 2.05) is 0 Å². The van der Waals surface area contributed by atoms with Crippen LogP contribution in [-0.2, 0) is 0 Å². The van der Waals surface area contributed by atoms with Crippen molar-refractivity contribution in [3.05, 3.63) is 29.1 Å². The van der Waals surface area contributed by atoms with Gasteiger partial charge in [-0.25, -0.2) is 4.39 Å². The van der Waals surface area contributed by atoms with Gasteiger partial charge in [-0.2, -0.15) is 0 Å². The maximum Gasteiger partial charge on any atom is 0.130 e. The van der Waals surface area contributed by atoms with Crippen LogP contribution in [0.4, 0.5) is 4.39 Å². The molecule has 0 radical (unpaired) electrons. The van der Waals surface area contributed by atoms with Crippen LogP contribution in [0.15, 0.2) is 12.1 Å². The van der Waals surface area contributed by atoms with Gasteiger partial charge < -0.3 is 15.6 Å². The summed E-state index contributed by atoms with van der Waals surface area (Å²) in [5.41, 5.74) is 6.60. The van der Waals surface area contributed by atoms with Crippen LogP contribution in [0, 0.1) is 12.7 Å². The Morgan fingerprint density at radius 3 is 2.67 bits per heavy atom. The summed E-state index contributed by atoms with van der Waals surface area (Å²) in [5, 5.41) is 9.09. The van der Waals surface area contributed by atoms with Crippen LogP contribution in [0.2, 0.25) is 0 Å². The fourth-order valence-electron chi connectivity index (χ4n) is 1.57. The van der Waals surface area contributed by atoms with Crippen molar-refractivity contribution in [2.75, 3.05) is 20.3 Å². The Balaban J connectivity index is 3.24. The lowest BCUT2D eigenvalue weighted by Crippen LogP contribution is -2.18. The third-order valence-electron chi connectivity index (χ3n) is 2.37. The molecule has 0 aliphatic heterocycles. The second kappa shape index (κ2) is 5.09. The molecule has 0 saturated heterocycles. The second-order valence-corrected chi connectivity index (χ2v) is 3.48. The molecule has 4 heteroatoms. The lowest BCUT2D eigenvalue weighted by atomic mass is 9.97. The number of aryl methyl sites for hydroxylation is 1. The van der Waals surface area contributed by atoms with Gasteiger partial charge in [0.25, 0.3) is 0 Å². The van der Waals surface area contributed by atoms with Crippen molar-refractivity contribution in [3.8, 4) is 5.75 Å². The van der Waals surface area contributed by atoms with Crippen LogP contribution in [0.5, 0.6) is 5.75 Å². The SMILES string of the molecule is COc1cc(C)cc(F)c1C(CN)CO. The van der Waals surface area contributed by atoms with Crippen molar-refractivity contribution in [1.29, 1.82) is 0 Å². The molecule has 15 heavy (non-hydrogen) atoms. The molecule has 1 aromatic carbocycles. The Kier molecular flexibility index (Phi) is 4.05. The molecule has 0 fully saturated rings. The molecule has 3 nitrogen and oxygen atoms in total. The number of benzene rings is 1. The quantitative estimate of drug-likeness (QED) is 0.789. The topological polar surface area (TPSA) is 55.5 Å². The van der Waals surface area contributed by atoms with Crippen molar-refractivity contribution in [3.63, 3.8) is 0 Å². The summed E-state index contributed by atoms with van der Waals surface area (Å²) in [6, 6.07) is 3.15. The highest BCUT2D eigenvalue weighted by atomic mass is 19.1. The van der Waals surface area contributed by atoms with E-state index in [1.165, 1.54) is 13.2 Å². The van der Waals surface area contributed by atoms with E-state index in [0.717, 1.165) is 5.56 Å². The zero-order valence-corrected chi connectivity index (χ0v) is 8.96. The van der Waals surface area contributed by atoms with E-state index in [9.17, 15) is 4.39 Å². The van der Waals surface area contributed by atoms with Gasteiger partial charge in [0.1, 0.15) is 11.6 Å². The third kappa shape index (κ3) is 2.46. The van der Waals surface area contributed by atoms with Gasteiger partial charge in [0.15, 0.2) is 0 Å². The van der Waals surface area contributed by atoms with Gasteiger partial charge in [-0.05, 0) is 24.6 Å². The van der Waals surface area contributed by atoms with Crippen LogP contribution in [-0.4, -0.2) is 25.4 Å². The molecule has 3 N–H and O–H groups in total. The molecular formula is C11H16FNO2. The van der Waals surface area contributed by atoms with Gasteiger partial charge >= 0.3 is 0 Å². The predicted octanol–water partition coefficient (Wildman–Crippen LogP) is 1.18. The highest BCUT2D eigenvalue weighted by molar-refractivity contribution is 5.41. The fraction of sp³-hybridized carbons (Fsp3) is 0.455. The summed E-state index contributed by atoms with van der Waals surface area (Å²) in [4.78, 5) is 0. The molecule has 1 aromatic rings. The normalized spacial score (nSPS) is 12.6. The molecule has 0 aliphatic rings. The highest BCUT2D eigenvalue weighted by Gasteiger charge is 2.19. The zero-order chi connectivity index (χ0) is 11.4. The molecule has 84 valence electrons. The Bertz CT molecular complexity index is 338. The number of rotatable bonds is 4. The minimum absolute atomic E-state index is 0.187. The van der Waals surface area contributed by atoms with Gasteiger partial charge in [0.2, 0.25) is 0 Å². The van der Waals surface area contributed by atoms with Crippen LogP contribution in [0.1, 0.15) is 17.0 Å². The first-order chi connectivity index (χ1) is 7.13. The van der Waals surface area contributed by atoms with Crippen molar-refractivity contribution in [1.82, 2.24) is 0 Å². The second-order valence-electron chi connectivity index (χ2n) is 3.48. The first kappa shape index (κ1) is 11.9. The van der Waals surface area contributed by atoms with E-state index in [1.54, 1.807) is 13.0 Å². The van der Waals surface area contributed by atoms with Crippen molar-refractivity contribution < 1.29 is 14.2 Å². The zero-order valence-electron chi connectivity index (χ0n) is 8.96. The van der Waals surface area contributed by atoms with E-state index in [0.29, 0.717) is 11.3 Å². The van der Waals surface area contributed by atoms with Crippen molar-refractivity contribution in [2.24, 2.45) is 5.73 Å². The predicted molar refractivity (Wildman–Crippen MR) is 56.6 cm³/mol.